The minimum Gasteiger partial charge on any atom is -0.333 e. The van der Waals surface area contributed by atoms with Gasteiger partial charge in [-0.15, -0.1) is 0 Å². The highest BCUT2D eigenvalue weighted by molar-refractivity contribution is 5.07. The van der Waals surface area contributed by atoms with E-state index >= 15 is 0 Å². The molecule has 1 aliphatic rings. The summed E-state index contributed by atoms with van der Waals surface area (Å²) in [6.07, 6.45) is 7.86. The summed E-state index contributed by atoms with van der Waals surface area (Å²) in [6, 6.07) is 1.14. The molecule has 3 nitrogen and oxygen atoms in total. The van der Waals surface area contributed by atoms with E-state index in [1.165, 1.54) is 25.0 Å². The smallest absolute Gasteiger partial charge is 0.0948 e. The van der Waals surface area contributed by atoms with Gasteiger partial charge in [-0.2, -0.15) is 0 Å². The standard InChI is InChI=1S/C13H23N3/c1-10(2)8-16-9-14-7-13(16)12-6-4-5-11(3)15-12/h7,9-12,15H,4-6,8H2,1-3H3. The van der Waals surface area contributed by atoms with Gasteiger partial charge in [-0.1, -0.05) is 13.8 Å². The lowest BCUT2D eigenvalue weighted by Gasteiger charge is -2.29. The molecule has 1 N–H and O–H groups in total. The maximum atomic E-state index is 4.30. The van der Waals surface area contributed by atoms with Crippen LogP contribution in [-0.2, 0) is 6.54 Å². The molecular formula is C13H23N3. The van der Waals surface area contributed by atoms with Gasteiger partial charge in [-0.05, 0) is 32.1 Å². The van der Waals surface area contributed by atoms with Crippen molar-refractivity contribution in [2.45, 2.75) is 58.7 Å². The Labute approximate surface area is 98.3 Å². The van der Waals surface area contributed by atoms with Crippen LogP contribution in [0.15, 0.2) is 12.5 Å². The molecule has 2 rings (SSSR count). The Kier molecular flexibility index (Phi) is 3.64. The Morgan fingerprint density at radius 3 is 3.00 bits per heavy atom. The molecule has 2 heterocycles. The predicted octanol–water partition coefficient (Wildman–Crippen LogP) is 2.74. The number of aromatic nitrogens is 2. The molecule has 0 bridgehead atoms. The van der Waals surface area contributed by atoms with Gasteiger partial charge in [0.1, 0.15) is 0 Å². The van der Waals surface area contributed by atoms with Crippen LogP contribution in [0.25, 0.3) is 0 Å². The summed E-state index contributed by atoms with van der Waals surface area (Å²) in [5.41, 5.74) is 1.36. The maximum absolute atomic E-state index is 4.30. The van der Waals surface area contributed by atoms with Gasteiger partial charge in [0.15, 0.2) is 0 Å². The second-order valence-corrected chi connectivity index (χ2v) is 5.42. The van der Waals surface area contributed by atoms with E-state index in [4.69, 9.17) is 0 Å². The Bertz CT molecular complexity index is 330. The fourth-order valence-electron chi connectivity index (χ4n) is 2.54. The Hall–Kier alpha value is -0.830. The molecule has 0 saturated carbocycles. The quantitative estimate of drug-likeness (QED) is 0.850. The largest absolute Gasteiger partial charge is 0.333 e. The first-order chi connectivity index (χ1) is 7.66. The van der Waals surface area contributed by atoms with Gasteiger partial charge in [0, 0.05) is 24.8 Å². The summed E-state index contributed by atoms with van der Waals surface area (Å²) >= 11 is 0. The first-order valence-corrected chi connectivity index (χ1v) is 6.43. The van der Waals surface area contributed by atoms with Crippen LogP contribution >= 0.6 is 0 Å². The average Bonchev–Trinajstić information content (AvgIpc) is 2.65. The SMILES string of the molecule is CC(C)Cn1cncc1C1CCCC(C)N1. The number of piperidine rings is 1. The van der Waals surface area contributed by atoms with Crippen LogP contribution in [-0.4, -0.2) is 15.6 Å². The number of hydrogen-bond donors (Lipinski definition) is 1. The topological polar surface area (TPSA) is 29.9 Å². The zero-order chi connectivity index (χ0) is 11.5. The number of imidazole rings is 1. The van der Waals surface area contributed by atoms with E-state index in [1.807, 2.05) is 12.5 Å². The van der Waals surface area contributed by atoms with Crippen LogP contribution in [0.4, 0.5) is 0 Å². The summed E-state index contributed by atoms with van der Waals surface area (Å²) in [6.45, 7) is 7.85. The first-order valence-electron chi connectivity index (χ1n) is 6.43. The fourth-order valence-corrected chi connectivity index (χ4v) is 2.54. The summed E-state index contributed by atoms with van der Waals surface area (Å²) in [4.78, 5) is 4.30. The van der Waals surface area contributed by atoms with Gasteiger partial charge in [0.05, 0.1) is 12.0 Å². The van der Waals surface area contributed by atoms with Gasteiger partial charge in [-0.25, -0.2) is 4.98 Å². The molecule has 16 heavy (non-hydrogen) atoms. The highest BCUT2D eigenvalue weighted by Crippen LogP contribution is 2.25. The van der Waals surface area contributed by atoms with Crippen molar-refractivity contribution in [1.82, 2.24) is 14.9 Å². The van der Waals surface area contributed by atoms with Crippen LogP contribution in [0.3, 0.4) is 0 Å². The molecule has 2 unspecified atom stereocenters. The minimum absolute atomic E-state index is 0.505. The van der Waals surface area contributed by atoms with Crippen LogP contribution in [0.1, 0.15) is 51.8 Å². The predicted molar refractivity (Wildman–Crippen MR) is 66.3 cm³/mol. The molecule has 0 spiro atoms. The van der Waals surface area contributed by atoms with Crippen molar-refractivity contribution in [3.63, 3.8) is 0 Å². The van der Waals surface area contributed by atoms with E-state index in [0.717, 1.165) is 6.54 Å². The molecule has 1 saturated heterocycles. The minimum atomic E-state index is 0.505. The van der Waals surface area contributed by atoms with E-state index in [2.05, 4.69) is 35.6 Å². The molecule has 1 aromatic heterocycles. The zero-order valence-corrected chi connectivity index (χ0v) is 10.6. The van der Waals surface area contributed by atoms with E-state index in [1.54, 1.807) is 0 Å². The highest BCUT2D eigenvalue weighted by Gasteiger charge is 2.22. The van der Waals surface area contributed by atoms with Crippen molar-refractivity contribution in [1.29, 1.82) is 0 Å². The van der Waals surface area contributed by atoms with E-state index in [0.29, 0.717) is 18.0 Å². The number of nitrogens with zero attached hydrogens (tertiary/aromatic N) is 2. The number of rotatable bonds is 3. The van der Waals surface area contributed by atoms with Gasteiger partial charge in [0.25, 0.3) is 0 Å². The Morgan fingerprint density at radius 2 is 2.31 bits per heavy atom. The molecule has 1 aliphatic heterocycles. The van der Waals surface area contributed by atoms with Gasteiger partial charge >= 0.3 is 0 Å². The average molecular weight is 221 g/mol. The molecule has 0 amide bonds. The third-order valence-corrected chi connectivity index (χ3v) is 3.28. The third kappa shape index (κ3) is 2.64. The summed E-state index contributed by atoms with van der Waals surface area (Å²) < 4.78 is 2.31. The van der Waals surface area contributed by atoms with Crippen molar-refractivity contribution in [3.8, 4) is 0 Å². The van der Waals surface area contributed by atoms with Crippen molar-refractivity contribution in [2.24, 2.45) is 5.92 Å². The monoisotopic (exact) mass is 221 g/mol. The van der Waals surface area contributed by atoms with Gasteiger partial charge < -0.3 is 9.88 Å². The van der Waals surface area contributed by atoms with Crippen LogP contribution < -0.4 is 5.32 Å². The van der Waals surface area contributed by atoms with Crippen molar-refractivity contribution < 1.29 is 0 Å². The second kappa shape index (κ2) is 5.00. The molecular weight excluding hydrogens is 198 g/mol. The third-order valence-electron chi connectivity index (χ3n) is 3.28. The molecule has 1 aromatic rings. The Morgan fingerprint density at radius 1 is 1.50 bits per heavy atom. The molecule has 3 heteroatoms. The van der Waals surface area contributed by atoms with Crippen LogP contribution in [0, 0.1) is 5.92 Å². The lowest BCUT2D eigenvalue weighted by Crippen LogP contribution is -2.35. The lowest BCUT2D eigenvalue weighted by molar-refractivity contribution is 0.325. The zero-order valence-electron chi connectivity index (χ0n) is 10.6. The molecule has 1 fully saturated rings. The van der Waals surface area contributed by atoms with Crippen LogP contribution in [0.2, 0.25) is 0 Å². The molecule has 0 radical (unpaired) electrons. The van der Waals surface area contributed by atoms with E-state index < -0.39 is 0 Å². The molecule has 2 atom stereocenters. The normalized spacial score (nSPS) is 26.2. The van der Waals surface area contributed by atoms with Gasteiger partial charge in [-0.3, -0.25) is 0 Å². The highest BCUT2D eigenvalue weighted by atomic mass is 15.1. The number of hydrogen-bond acceptors (Lipinski definition) is 2. The van der Waals surface area contributed by atoms with Crippen molar-refractivity contribution in [3.05, 3.63) is 18.2 Å². The summed E-state index contributed by atoms with van der Waals surface area (Å²) in [7, 11) is 0. The lowest BCUT2D eigenvalue weighted by atomic mass is 9.97. The van der Waals surface area contributed by atoms with Crippen LogP contribution in [0.5, 0.6) is 0 Å². The molecule has 90 valence electrons. The first kappa shape index (κ1) is 11.6. The summed E-state index contributed by atoms with van der Waals surface area (Å²) in [5.74, 6) is 0.675. The van der Waals surface area contributed by atoms with E-state index in [-0.39, 0.29) is 0 Å². The molecule has 0 aromatic carbocycles. The Balaban J connectivity index is 2.10. The second-order valence-electron chi connectivity index (χ2n) is 5.42. The van der Waals surface area contributed by atoms with Gasteiger partial charge in [0.2, 0.25) is 0 Å². The van der Waals surface area contributed by atoms with Crippen molar-refractivity contribution >= 4 is 0 Å². The fraction of sp³-hybridized carbons (Fsp3) is 0.769. The number of nitrogens with one attached hydrogen (secondary N) is 1. The van der Waals surface area contributed by atoms with E-state index in [9.17, 15) is 0 Å². The maximum Gasteiger partial charge on any atom is 0.0948 e. The summed E-state index contributed by atoms with van der Waals surface area (Å²) in [5, 5.41) is 3.67. The van der Waals surface area contributed by atoms with Crippen molar-refractivity contribution in [2.75, 3.05) is 0 Å². The molecule has 0 aliphatic carbocycles.